The van der Waals surface area contributed by atoms with Crippen molar-refractivity contribution < 1.29 is 9.59 Å². The zero-order valence-corrected chi connectivity index (χ0v) is 14.4. The van der Waals surface area contributed by atoms with Crippen LogP contribution >= 0.6 is 11.3 Å². The fourth-order valence-electron chi connectivity index (χ4n) is 3.14. The predicted octanol–water partition coefficient (Wildman–Crippen LogP) is 2.66. The van der Waals surface area contributed by atoms with Crippen LogP contribution in [0.3, 0.4) is 0 Å². The van der Waals surface area contributed by atoms with Crippen LogP contribution in [0.5, 0.6) is 0 Å². The van der Waals surface area contributed by atoms with Gasteiger partial charge in [-0.25, -0.2) is 4.98 Å². The maximum atomic E-state index is 12.7. The Morgan fingerprint density at radius 2 is 2.08 bits per heavy atom. The number of piperidine rings is 1. The minimum atomic E-state index is -0.0236. The third-order valence-electron chi connectivity index (χ3n) is 4.53. The molecule has 0 spiro atoms. The molecule has 128 valence electrons. The Kier molecular flexibility index (Phi) is 4.23. The second-order valence-corrected chi connectivity index (χ2v) is 7.10. The van der Waals surface area contributed by atoms with Gasteiger partial charge in [-0.1, -0.05) is 6.07 Å². The number of nitrogens with zero attached hydrogens (tertiary/aromatic N) is 2. The van der Waals surface area contributed by atoms with E-state index in [1.54, 1.807) is 6.33 Å². The molecule has 1 aliphatic rings. The van der Waals surface area contributed by atoms with Gasteiger partial charge >= 0.3 is 0 Å². The number of carbonyl (C=O) groups excluding carboxylic acids is 2. The van der Waals surface area contributed by atoms with Crippen molar-refractivity contribution in [3.05, 3.63) is 52.5 Å². The van der Waals surface area contributed by atoms with Crippen molar-refractivity contribution in [1.82, 2.24) is 20.2 Å². The molecule has 25 heavy (non-hydrogen) atoms. The summed E-state index contributed by atoms with van der Waals surface area (Å²) >= 11 is 1.44. The van der Waals surface area contributed by atoms with Crippen LogP contribution < -0.4 is 5.32 Å². The van der Waals surface area contributed by atoms with Crippen molar-refractivity contribution in [3.63, 3.8) is 0 Å². The summed E-state index contributed by atoms with van der Waals surface area (Å²) in [6.45, 7) is 1.30. The molecule has 1 fully saturated rings. The fraction of sp³-hybridized carbons (Fsp3) is 0.278. The van der Waals surface area contributed by atoms with Gasteiger partial charge in [0.2, 0.25) is 0 Å². The van der Waals surface area contributed by atoms with E-state index in [0.29, 0.717) is 18.7 Å². The number of benzene rings is 1. The van der Waals surface area contributed by atoms with E-state index in [9.17, 15) is 9.59 Å². The highest BCUT2D eigenvalue weighted by atomic mass is 32.1. The van der Waals surface area contributed by atoms with Gasteiger partial charge in [0.05, 0.1) is 22.2 Å². The van der Waals surface area contributed by atoms with Gasteiger partial charge in [0.15, 0.2) is 0 Å². The van der Waals surface area contributed by atoms with Gasteiger partial charge in [0.1, 0.15) is 0 Å². The van der Waals surface area contributed by atoms with E-state index in [4.69, 9.17) is 0 Å². The number of thiophene rings is 1. The first-order valence-corrected chi connectivity index (χ1v) is 9.15. The highest BCUT2D eigenvalue weighted by Crippen LogP contribution is 2.18. The highest BCUT2D eigenvalue weighted by molar-refractivity contribution is 7.12. The molecule has 4 rings (SSSR count). The summed E-state index contributed by atoms with van der Waals surface area (Å²) in [4.78, 5) is 34.6. The molecule has 0 bridgehead atoms. The molecule has 3 heterocycles. The van der Waals surface area contributed by atoms with Crippen LogP contribution in [0.2, 0.25) is 0 Å². The first-order chi connectivity index (χ1) is 12.2. The lowest BCUT2D eigenvalue weighted by Crippen LogP contribution is -2.46. The summed E-state index contributed by atoms with van der Waals surface area (Å²) in [5.41, 5.74) is 2.38. The van der Waals surface area contributed by atoms with Crippen molar-refractivity contribution in [2.24, 2.45) is 0 Å². The number of H-pyrrole nitrogens is 1. The lowest BCUT2D eigenvalue weighted by Gasteiger charge is -2.32. The topological polar surface area (TPSA) is 78.1 Å². The van der Waals surface area contributed by atoms with Crippen LogP contribution in [0.4, 0.5) is 0 Å². The number of imidazole rings is 1. The molecule has 7 heteroatoms. The highest BCUT2D eigenvalue weighted by Gasteiger charge is 2.25. The number of aromatic amines is 1. The zero-order valence-electron chi connectivity index (χ0n) is 13.6. The number of aromatic nitrogens is 2. The number of carbonyl (C=O) groups is 2. The molecular weight excluding hydrogens is 336 g/mol. The maximum absolute atomic E-state index is 12.7. The Morgan fingerprint density at radius 3 is 2.84 bits per heavy atom. The van der Waals surface area contributed by atoms with Gasteiger partial charge in [-0.05, 0) is 42.5 Å². The largest absolute Gasteiger partial charge is 0.348 e. The van der Waals surface area contributed by atoms with Crippen LogP contribution in [0.25, 0.3) is 11.0 Å². The average Bonchev–Trinajstić information content (AvgIpc) is 3.32. The molecule has 0 saturated carbocycles. The lowest BCUT2D eigenvalue weighted by atomic mass is 10.0. The van der Waals surface area contributed by atoms with E-state index in [2.05, 4.69) is 15.3 Å². The van der Waals surface area contributed by atoms with Crippen LogP contribution in [0.1, 0.15) is 32.9 Å². The molecule has 1 saturated heterocycles. The van der Waals surface area contributed by atoms with Crippen LogP contribution in [0.15, 0.2) is 42.0 Å². The van der Waals surface area contributed by atoms with Gasteiger partial charge in [-0.3, -0.25) is 9.59 Å². The Balaban J connectivity index is 1.36. The second-order valence-electron chi connectivity index (χ2n) is 6.15. The van der Waals surface area contributed by atoms with Gasteiger partial charge < -0.3 is 15.2 Å². The third-order valence-corrected chi connectivity index (χ3v) is 5.40. The second kappa shape index (κ2) is 6.68. The Bertz CT molecular complexity index is 895. The zero-order chi connectivity index (χ0) is 17.2. The quantitative estimate of drug-likeness (QED) is 0.759. The molecule has 1 aliphatic heterocycles. The monoisotopic (exact) mass is 354 g/mol. The van der Waals surface area contributed by atoms with Gasteiger partial charge in [-0.15, -0.1) is 11.3 Å². The molecular formula is C18H18N4O2S. The lowest BCUT2D eigenvalue weighted by molar-refractivity contribution is 0.0698. The molecule has 1 aromatic carbocycles. The molecule has 2 aromatic heterocycles. The summed E-state index contributed by atoms with van der Waals surface area (Å²) in [7, 11) is 0. The number of likely N-dealkylation sites (tertiary alicyclic amines) is 1. The van der Waals surface area contributed by atoms with E-state index >= 15 is 0 Å². The number of rotatable bonds is 3. The average molecular weight is 354 g/mol. The molecule has 2 amide bonds. The van der Waals surface area contributed by atoms with E-state index < -0.39 is 0 Å². The standard InChI is InChI=1S/C18H18N4O2S/c23-17(16-2-1-9-25-16)21-13-5-7-22(8-6-13)18(24)12-3-4-14-15(10-12)20-11-19-14/h1-4,9-11,13H,5-8H2,(H,19,20)(H,21,23). The maximum Gasteiger partial charge on any atom is 0.261 e. The summed E-state index contributed by atoms with van der Waals surface area (Å²) in [6.07, 6.45) is 3.17. The van der Waals surface area contributed by atoms with Crippen molar-refractivity contribution in [2.75, 3.05) is 13.1 Å². The van der Waals surface area contributed by atoms with Crippen LogP contribution in [-0.4, -0.2) is 45.8 Å². The van der Waals surface area contributed by atoms with Gasteiger partial charge in [-0.2, -0.15) is 0 Å². The van der Waals surface area contributed by atoms with E-state index in [1.165, 1.54) is 11.3 Å². The van der Waals surface area contributed by atoms with Crippen molar-refractivity contribution in [1.29, 1.82) is 0 Å². The van der Waals surface area contributed by atoms with Gasteiger partial charge in [0, 0.05) is 24.7 Å². The van der Waals surface area contributed by atoms with Gasteiger partial charge in [0.25, 0.3) is 11.8 Å². The van der Waals surface area contributed by atoms with Crippen LogP contribution in [-0.2, 0) is 0 Å². The number of hydrogen-bond donors (Lipinski definition) is 2. The Hall–Kier alpha value is -2.67. The van der Waals surface area contributed by atoms with E-state index in [1.807, 2.05) is 40.6 Å². The van der Waals surface area contributed by atoms with E-state index in [0.717, 1.165) is 28.8 Å². The minimum absolute atomic E-state index is 0.0236. The summed E-state index contributed by atoms with van der Waals surface area (Å²) < 4.78 is 0. The Morgan fingerprint density at radius 1 is 1.24 bits per heavy atom. The SMILES string of the molecule is O=C(NC1CCN(C(=O)c2ccc3nc[nH]c3c2)CC1)c1cccs1. The first kappa shape index (κ1) is 15.8. The predicted molar refractivity (Wildman–Crippen MR) is 96.8 cm³/mol. The number of fused-ring (bicyclic) bond motifs is 1. The van der Waals surface area contributed by atoms with Crippen LogP contribution in [0, 0.1) is 0 Å². The third kappa shape index (κ3) is 3.28. The minimum Gasteiger partial charge on any atom is -0.348 e. The summed E-state index contributed by atoms with van der Waals surface area (Å²) in [5.74, 6) is 0.00371. The normalized spacial score (nSPS) is 15.4. The molecule has 0 aliphatic carbocycles. The fourth-order valence-corrected chi connectivity index (χ4v) is 3.77. The number of hydrogen-bond acceptors (Lipinski definition) is 4. The molecule has 0 radical (unpaired) electrons. The molecule has 0 unspecified atom stereocenters. The van der Waals surface area contributed by atoms with Crippen molar-refractivity contribution in [2.45, 2.75) is 18.9 Å². The first-order valence-electron chi connectivity index (χ1n) is 8.27. The Labute approximate surface area is 148 Å². The van der Waals surface area contributed by atoms with Crippen molar-refractivity contribution in [3.8, 4) is 0 Å². The number of nitrogens with one attached hydrogen (secondary N) is 2. The summed E-state index contributed by atoms with van der Waals surface area (Å²) in [5, 5.41) is 4.96. The number of amides is 2. The molecule has 6 nitrogen and oxygen atoms in total. The van der Waals surface area contributed by atoms with E-state index in [-0.39, 0.29) is 17.9 Å². The van der Waals surface area contributed by atoms with Crippen molar-refractivity contribution >= 4 is 34.2 Å². The summed E-state index contributed by atoms with van der Waals surface area (Å²) in [6, 6.07) is 9.33. The molecule has 0 atom stereocenters. The molecule has 2 N–H and O–H groups in total. The smallest absolute Gasteiger partial charge is 0.261 e. The molecule has 3 aromatic rings.